The Balaban J connectivity index is 1.60. The van der Waals surface area contributed by atoms with Gasteiger partial charge in [0.25, 0.3) is 5.91 Å². The quantitative estimate of drug-likeness (QED) is 0.604. The first-order valence-electron chi connectivity index (χ1n) is 9.36. The third kappa shape index (κ3) is 4.80. The maximum absolute atomic E-state index is 14.1. The molecule has 1 aromatic heterocycles. The minimum atomic E-state index is -0.740. The van der Waals surface area contributed by atoms with Gasteiger partial charge in [-0.25, -0.2) is 13.5 Å². The lowest BCUT2D eigenvalue weighted by molar-refractivity contribution is 0.0950. The fourth-order valence-corrected chi connectivity index (χ4v) is 3.12. The summed E-state index contributed by atoms with van der Waals surface area (Å²) in [5.41, 5.74) is 2.56. The number of rotatable bonds is 7. The molecule has 0 aliphatic heterocycles. The van der Waals surface area contributed by atoms with Gasteiger partial charge in [-0.05, 0) is 57.0 Å². The number of benzene rings is 2. The number of carbonyl (C=O) groups excluding carboxylic acids is 1. The van der Waals surface area contributed by atoms with Crippen molar-refractivity contribution < 1.29 is 18.3 Å². The molecule has 29 heavy (non-hydrogen) atoms. The predicted molar refractivity (Wildman–Crippen MR) is 107 cm³/mol. The van der Waals surface area contributed by atoms with Crippen LogP contribution in [0.25, 0.3) is 5.69 Å². The number of nitrogens with zero attached hydrogens (tertiary/aromatic N) is 2. The maximum atomic E-state index is 14.1. The zero-order chi connectivity index (χ0) is 21.0. The second kappa shape index (κ2) is 8.86. The third-order valence-electron chi connectivity index (χ3n) is 4.52. The van der Waals surface area contributed by atoms with Crippen LogP contribution in [0.1, 0.15) is 33.7 Å². The highest BCUT2D eigenvalue weighted by Gasteiger charge is 2.20. The van der Waals surface area contributed by atoms with E-state index >= 15 is 0 Å². The van der Waals surface area contributed by atoms with Gasteiger partial charge < -0.3 is 10.1 Å². The number of ether oxygens (including phenoxy) is 1. The number of hydrogen-bond donors (Lipinski definition) is 1. The average Bonchev–Trinajstić information content (AvgIpc) is 2.95. The molecule has 0 radical (unpaired) electrons. The number of aromatic nitrogens is 2. The highest BCUT2D eigenvalue weighted by atomic mass is 19.1. The van der Waals surface area contributed by atoms with Crippen LogP contribution in [-0.4, -0.2) is 28.8 Å². The van der Waals surface area contributed by atoms with Crippen LogP contribution in [0.3, 0.4) is 0 Å². The minimum absolute atomic E-state index is 0.0950. The highest BCUT2D eigenvalue weighted by molar-refractivity contribution is 5.96. The molecule has 0 bridgehead atoms. The number of nitrogens with one attached hydrogen (secondary N) is 1. The molecule has 0 saturated carbocycles. The SMILES string of the molecule is Cc1cccc(OCCCNC(=O)c2c(C)nn(-c3ccc(F)cc3F)c2C)c1. The molecule has 0 aliphatic carbocycles. The van der Waals surface area contributed by atoms with Gasteiger partial charge in [0.2, 0.25) is 0 Å². The van der Waals surface area contributed by atoms with E-state index in [0.717, 1.165) is 23.4 Å². The summed E-state index contributed by atoms with van der Waals surface area (Å²) < 4.78 is 34.2. The first-order chi connectivity index (χ1) is 13.9. The van der Waals surface area contributed by atoms with Crippen LogP contribution in [0, 0.1) is 32.4 Å². The number of hydrogen-bond acceptors (Lipinski definition) is 3. The van der Waals surface area contributed by atoms with Crippen molar-refractivity contribution in [1.29, 1.82) is 0 Å². The summed E-state index contributed by atoms with van der Waals surface area (Å²) in [6.45, 7) is 6.26. The van der Waals surface area contributed by atoms with Crippen molar-refractivity contribution in [3.63, 3.8) is 0 Å². The number of aryl methyl sites for hydroxylation is 2. The first kappa shape index (κ1) is 20.5. The lowest BCUT2D eigenvalue weighted by Crippen LogP contribution is -2.26. The van der Waals surface area contributed by atoms with E-state index < -0.39 is 11.6 Å². The number of halogens is 2. The van der Waals surface area contributed by atoms with Crippen molar-refractivity contribution >= 4 is 5.91 Å². The molecule has 0 atom stereocenters. The molecule has 3 aromatic rings. The Labute approximate surface area is 168 Å². The standard InChI is InChI=1S/C22H23F2N3O2/c1-14-6-4-7-18(12-14)29-11-5-10-25-22(28)21-15(2)26-27(16(21)3)20-9-8-17(23)13-19(20)24/h4,6-9,12-13H,5,10-11H2,1-3H3,(H,25,28). The van der Waals surface area contributed by atoms with E-state index in [0.29, 0.717) is 36.5 Å². The van der Waals surface area contributed by atoms with Crippen molar-refractivity contribution in [2.45, 2.75) is 27.2 Å². The van der Waals surface area contributed by atoms with Gasteiger partial charge in [0, 0.05) is 12.6 Å². The molecule has 7 heteroatoms. The van der Waals surface area contributed by atoms with Gasteiger partial charge >= 0.3 is 0 Å². The van der Waals surface area contributed by atoms with Crippen LogP contribution < -0.4 is 10.1 Å². The van der Waals surface area contributed by atoms with Crippen LogP contribution >= 0.6 is 0 Å². The topological polar surface area (TPSA) is 56.1 Å². The van der Waals surface area contributed by atoms with Gasteiger partial charge in [-0.3, -0.25) is 4.79 Å². The van der Waals surface area contributed by atoms with Gasteiger partial charge in [0.1, 0.15) is 17.3 Å². The summed E-state index contributed by atoms with van der Waals surface area (Å²) in [5.74, 6) is -0.899. The van der Waals surface area contributed by atoms with Crippen LogP contribution in [-0.2, 0) is 0 Å². The van der Waals surface area contributed by atoms with Crippen molar-refractivity contribution in [1.82, 2.24) is 15.1 Å². The molecule has 2 aromatic carbocycles. The lowest BCUT2D eigenvalue weighted by Gasteiger charge is -2.09. The molecule has 5 nitrogen and oxygen atoms in total. The second-order valence-electron chi connectivity index (χ2n) is 6.83. The van der Waals surface area contributed by atoms with Gasteiger partial charge in [-0.2, -0.15) is 5.10 Å². The van der Waals surface area contributed by atoms with Gasteiger partial charge in [0.15, 0.2) is 5.82 Å². The van der Waals surface area contributed by atoms with Crippen LogP contribution in [0.2, 0.25) is 0 Å². The second-order valence-corrected chi connectivity index (χ2v) is 6.83. The number of amides is 1. The predicted octanol–water partition coefficient (Wildman–Crippen LogP) is 4.27. The summed E-state index contributed by atoms with van der Waals surface area (Å²) in [6.07, 6.45) is 0.637. The van der Waals surface area contributed by atoms with Crippen molar-refractivity contribution in [3.05, 3.63) is 76.6 Å². The molecular formula is C22H23F2N3O2. The Kier molecular flexibility index (Phi) is 6.26. The van der Waals surface area contributed by atoms with E-state index in [1.807, 2.05) is 31.2 Å². The van der Waals surface area contributed by atoms with E-state index in [4.69, 9.17) is 4.74 Å². The summed E-state index contributed by atoms with van der Waals surface area (Å²) in [6, 6.07) is 11.0. The molecule has 1 heterocycles. The average molecular weight is 399 g/mol. The van der Waals surface area contributed by atoms with E-state index in [1.165, 1.54) is 10.7 Å². The fourth-order valence-electron chi connectivity index (χ4n) is 3.12. The van der Waals surface area contributed by atoms with Gasteiger partial charge in [-0.1, -0.05) is 12.1 Å². The maximum Gasteiger partial charge on any atom is 0.255 e. The van der Waals surface area contributed by atoms with Crippen LogP contribution in [0.15, 0.2) is 42.5 Å². The normalized spacial score (nSPS) is 10.8. The van der Waals surface area contributed by atoms with Crippen molar-refractivity contribution in [2.24, 2.45) is 0 Å². The zero-order valence-electron chi connectivity index (χ0n) is 16.6. The third-order valence-corrected chi connectivity index (χ3v) is 4.52. The molecule has 1 N–H and O–H groups in total. The van der Waals surface area contributed by atoms with E-state index in [2.05, 4.69) is 10.4 Å². The molecule has 1 amide bonds. The molecule has 0 unspecified atom stereocenters. The largest absolute Gasteiger partial charge is 0.494 e. The Morgan fingerprint density at radius 3 is 2.66 bits per heavy atom. The molecular weight excluding hydrogens is 376 g/mol. The Morgan fingerprint density at radius 1 is 1.14 bits per heavy atom. The van der Waals surface area contributed by atoms with Crippen LogP contribution in [0.5, 0.6) is 5.75 Å². The molecule has 0 fully saturated rings. The highest BCUT2D eigenvalue weighted by Crippen LogP contribution is 2.21. The first-order valence-corrected chi connectivity index (χ1v) is 9.36. The summed E-state index contributed by atoms with van der Waals surface area (Å²) in [4.78, 5) is 12.6. The van der Waals surface area contributed by atoms with Crippen molar-refractivity contribution in [2.75, 3.05) is 13.2 Å². The lowest BCUT2D eigenvalue weighted by atomic mass is 10.2. The van der Waals surface area contributed by atoms with Crippen LogP contribution in [0.4, 0.5) is 8.78 Å². The molecule has 3 rings (SSSR count). The van der Waals surface area contributed by atoms with E-state index in [1.54, 1.807) is 13.8 Å². The Morgan fingerprint density at radius 2 is 1.93 bits per heavy atom. The molecule has 0 saturated heterocycles. The Bertz CT molecular complexity index is 1030. The van der Waals surface area contributed by atoms with E-state index in [9.17, 15) is 13.6 Å². The summed E-state index contributed by atoms with van der Waals surface area (Å²) in [7, 11) is 0. The number of carbonyl (C=O) groups is 1. The van der Waals surface area contributed by atoms with Gasteiger partial charge in [0.05, 0.1) is 23.6 Å². The fraction of sp³-hybridized carbons (Fsp3) is 0.273. The van der Waals surface area contributed by atoms with Crippen molar-refractivity contribution in [3.8, 4) is 11.4 Å². The minimum Gasteiger partial charge on any atom is -0.494 e. The monoisotopic (exact) mass is 399 g/mol. The summed E-state index contributed by atoms with van der Waals surface area (Å²) in [5, 5.41) is 7.09. The van der Waals surface area contributed by atoms with Gasteiger partial charge in [-0.15, -0.1) is 0 Å². The van der Waals surface area contributed by atoms with E-state index in [-0.39, 0.29) is 11.6 Å². The smallest absolute Gasteiger partial charge is 0.255 e. The summed E-state index contributed by atoms with van der Waals surface area (Å²) >= 11 is 0. The zero-order valence-corrected chi connectivity index (χ0v) is 16.6. The Hall–Kier alpha value is -3.22. The molecule has 0 spiro atoms. The molecule has 0 aliphatic rings. The molecule has 152 valence electrons.